The zero-order chi connectivity index (χ0) is 28.5. The van der Waals surface area contributed by atoms with Crippen molar-refractivity contribution in [3.05, 3.63) is 91.9 Å². The van der Waals surface area contributed by atoms with Crippen LogP contribution >= 0.6 is 34.8 Å². The monoisotopic (exact) mass is 598 g/mol. The topological polar surface area (TPSA) is 84.9 Å². The van der Waals surface area contributed by atoms with Crippen LogP contribution in [0.5, 0.6) is 11.5 Å². The van der Waals surface area contributed by atoms with Gasteiger partial charge in [-0.25, -0.2) is 9.69 Å². The molecule has 1 aliphatic rings. The molecular weight excluding hydrogens is 584 g/mol. The Morgan fingerprint density at radius 1 is 0.949 bits per heavy atom. The van der Waals surface area contributed by atoms with Gasteiger partial charge in [0.2, 0.25) is 0 Å². The van der Waals surface area contributed by atoms with Gasteiger partial charge >= 0.3 is 12.2 Å². The lowest BCUT2D eigenvalue weighted by Crippen LogP contribution is -2.54. The number of carbonyl (C=O) groups is 3. The number of carbonyl (C=O) groups excluding carboxylic acids is 3. The smallest absolute Gasteiger partial charge is 0.416 e. The summed E-state index contributed by atoms with van der Waals surface area (Å²) in [4.78, 5) is 38.6. The van der Waals surface area contributed by atoms with E-state index in [0.29, 0.717) is 27.6 Å². The number of imide groups is 2. The number of amides is 4. The summed E-state index contributed by atoms with van der Waals surface area (Å²) in [5.74, 6) is -1.95. The molecule has 0 radical (unpaired) electrons. The highest BCUT2D eigenvalue weighted by atomic mass is 35.5. The Morgan fingerprint density at radius 2 is 1.67 bits per heavy atom. The van der Waals surface area contributed by atoms with E-state index in [1.165, 1.54) is 19.2 Å². The number of rotatable bonds is 6. The molecular formula is C26H16Cl3F3N2O5. The van der Waals surface area contributed by atoms with Crippen LogP contribution in [0.15, 0.2) is 60.2 Å². The Hall–Kier alpha value is -3.73. The molecule has 202 valence electrons. The van der Waals surface area contributed by atoms with E-state index in [4.69, 9.17) is 44.3 Å². The summed E-state index contributed by atoms with van der Waals surface area (Å²) in [5, 5.41) is 2.16. The summed E-state index contributed by atoms with van der Waals surface area (Å²) >= 11 is 18.6. The van der Waals surface area contributed by atoms with Crippen molar-refractivity contribution >= 4 is 64.4 Å². The number of urea groups is 1. The second-order valence-electron chi connectivity index (χ2n) is 8.04. The van der Waals surface area contributed by atoms with Gasteiger partial charge in [-0.3, -0.25) is 14.9 Å². The lowest BCUT2D eigenvalue weighted by molar-refractivity contribution is -0.137. The Morgan fingerprint density at radius 3 is 2.33 bits per heavy atom. The van der Waals surface area contributed by atoms with E-state index in [1.54, 1.807) is 24.3 Å². The highest BCUT2D eigenvalue weighted by Crippen LogP contribution is 2.39. The summed E-state index contributed by atoms with van der Waals surface area (Å²) in [6.07, 6.45) is -3.67. The van der Waals surface area contributed by atoms with Crippen molar-refractivity contribution in [1.82, 2.24) is 5.32 Å². The average molecular weight is 600 g/mol. The van der Waals surface area contributed by atoms with Crippen LogP contribution < -0.4 is 19.7 Å². The molecule has 1 N–H and O–H groups in total. The lowest BCUT2D eigenvalue weighted by Gasteiger charge is -2.27. The van der Waals surface area contributed by atoms with Gasteiger partial charge in [0.05, 0.1) is 28.4 Å². The number of alkyl halides is 3. The standard InChI is InChI=1S/C26H16Cl3F3N2O5/c1-38-21-10-13(9-19(29)22(21)39-12-14-4-2-3-5-17(14)27)8-16-23(35)33-25(37)34(24(16)36)20-11-15(26(30,31)32)6-7-18(20)28/h2-11H,12H2,1H3,(H,33,35,37)/b16-8-. The number of methoxy groups -OCH3 is 1. The molecule has 0 bridgehead atoms. The molecule has 1 fully saturated rings. The molecule has 3 aromatic carbocycles. The quantitative estimate of drug-likeness (QED) is 0.246. The molecule has 4 rings (SSSR count). The van der Waals surface area contributed by atoms with Crippen LogP contribution in [0, 0.1) is 0 Å². The van der Waals surface area contributed by atoms with Crippen LogP contribution in [-0.2, 0) is 22.4 Å². The van der Waals surface area contributed by atoms with E-state index >= 15 is 0 Å². The SMILES string of the molecule is COc1cc(/C=C2/C(=O)NC(=O)N(c3cc(C(F)(F)F)ccc3Cl)C2=O)cc(Cl)c1OCc1ccccc1Cl. The summed E-state index contributed by atoms with van der Waals surface area (Å²) in [5.41, 5.74) is -1.37. The Labute approximate surface area is 234 Å². The molecule has 1 saturated heterocycles. The summed E-state index contributed by atoms with van der Waals surface area (Å²) in [6, 6.07) is 10.7. The van der Waals surface area contributed by atoms with Crippen LogP contribution in [0.1, 0.15) is 16.7 Å². The lowest BCUT2D eigenvalue weighted by atomic mass is 10.1. The van der Waals surface area contributed by atoms with E-state index in [1.807, 2.05) is 5.32 Å². The van der Waals surface area contributed by atoms with Gasteiger partial charge in [0.25, 0.3) is 11.8 Å². The molecule has 4 amide bonds. The number of ether oxygens (including phenoxy) is 2. The van der Waals surface area contributed by atoms with Gasteiger partial charge in [-0.05, 0) is 48.0 Å². The molecule has 0 aliphatic carbocycles. The van der Waals surface area contributed by atoms with E-state index in [-0.39, 0.29) is 33.7 Å². The molecule has 13 heteroatoms. The molecule has 0 aromatic heterocycles. The van der Waals surface area contributed by atoms with Crippen molar-refractivity contribution < 1.29 is 37.0 Å². The first-order valence-electron chi connectivity index (χ1n) is 10.9. The van der Waals surface area contributed by atoms with Crippen molar-refractivity contribution in [2.45, 2.75) is 12.8 Å². The number of anilines is 1. The fraction of sp³-hybridized carbons (Fsp3) is 0.115. The first-order chi connectivity index (χ1) is 18.4. The maximum Gasteiger partial charge on any atom is 0.416 e. The summed E-state index contributed by atoms with van der Waals surface area (Å²) < 4.78 is 50.9. The van der Waals surface area contributed by atoms with Crippen molar-refractivity contribution in [1.29, 1.82) is 0 Å². The van der Waals surface area contributed by atoms with Crippen molar-refractivity contribution in [3.8, 4) is 11.5 Å². The fourth-order valence-electron chi connectivity index (χ4n) is 3.63. The zero-order valence-corrected chi connectivity index (χ0v) is 22.0. The molecule has 0 unspecified atom stereocenters. The largest absolute Gasteiger partial charge is 0.493 e. The van der Waals surface area contributed by atoms with Gasteiger partial charge in [-0.15, -0.1) is 0 Å². The van der Waals surface area contributed by atoms with Crippen LogP contribution in [-0.4, -0.2) is 25.0 Å². The molecule has 0 saturated carbocycles. The van der Waals surface area contributed by atoms with Gasteiger partial charge in [-0.2, -0.15) is 13.2 Å². The first-order valence-corrected chi connectivity index (χ1v) is 12.1. The normalized spacial score (nSPS) is 15.0. The average Bonchev–Trinajstić information content (AvgIpc) is 2.86. The Balaban J connectivity index is 1.69. The number of halogens is 6. The number of barbiturate groups is 1. The van der Waals surface area contributed by atoms with Crippen molar-refractivity contribution in [3.63, 3.8) is 0 Å². The third-order valence-electron chi connectivity index (χ3n) is 5.51. The zero-order valence-electron chi connectivity index (χ0n) is 19.7. The van der Waals surface area contributed by atoms with Crippen molar-refractivity contribution in [2.75, 3.05) is 12.0 Å². The van der Waals surface area contributed by atoms with Crippen molar-refractivity contribution in [2.24, 2.45) is 0 Å². The minimum atomic E-state index is -4.77. The van der Waals surface area contributed by atoms with E-state index in [0.717, 1.165) is 12.1 Å². The van der Waals surface area contributed by atoms with Gasteiger partial charge in [-0.1, -0.05) is 53.0 Å². The van der Waals surface area contributed by atoms with Gasteiger partial charge in [0.15, 0.2) is 11.5 Å². The van der Waals surface area contributed by atoms with Gasteiger partial charge < -0.3 is 9.47 Å². The molecule has 1 aliphatic heterocycles. The molecule has 0 spiro atoms. The summed E-state index contributed by atoms with van der Waals surface area (Å²) in [6.45, 7) is 0.0614. The minimum absolute atomic E-state index is 0.0609. The Bertz CT molecular complexity index is 1530. The Kier molecular flexibility index (Phi) is 8.10. The number of hydrogen-bond acceptors (Lipinski definition) is 5. The highest BCUT2D eigenvalue weighted by Gasteiger charge is 2.39. The molecule has 7 nitrogen and oxygen atoms in total. The van der Waals surface area contributed by atoms with Gasteiger partial charge in [0.1, 0.15) is 12.2 Å². The highest BCUT2D eigenvalue weighted by molar-refractivity contribution is 6.42. The molecule has 3 aromatic rings. The predicted octanol–water partition coefficient (Wildman–Crippen LogP) is 6.92. The van der Waals surface area contributed by atoms with Crippen LogP contribution in [0.4, 0.5) is 23.7 Å². The van der Waals surface area contributed by atoms with E-state index in [2.05, 4.69) is 0 Å². The third kappa shape index (κ3) is 5.98. The molecule has 1 heterocycles. The van der Waals surface area contributed by atoms with Crippen LogP contribution in [0.25, 0.3) is 6.08 Å². The van der Waals surface area contributed by atoms with Crippen LogP contribution in [0.3, 0.4) is 0 Å². The maximum absolute atomic E-state index is 13.2. The second kappa shape index (κ2) is 11.2. The molecule has 39 heavy (non-hydrogen) atoms. The first kappa shape index (κ1) is 28.3. The van der Waals surface area contributed by atoms with Crippen LogP contribution in [0.2, 0.25) is 15.1 Å². The van der Waals surface area contributed by atoms with E-state index in [9.17, 15) is 27.6 Å². The number of nitrogens with zero attached hydrogens (tertiary/aromatic N) is 1. The van der Waals surface area contributed by atoms with Gasteiger partial charge in [0, 0.05) is 10.6 Å². The molecule has 0 atom stereocenters. The fourth-order valence-corrected chi connectivity index (χ4v) is 4.30. The maximum atomic E-state index is 13.2. The predicted molar refractivity (Wildman–Crippen MR) is 139 cm³/mol. The number of benzene rings is 3. The second-order valence-corrected chi connectivity index (χ2v) is 9.26. The third-order valence-corrected chi connectivity index (χ3v) is 6.48. The number of hydrogen-bond donors (Lipinski definition) is 1. The van der Waals surface area contributed by atoms with E-state index < -0.39 is 40.8 Å². The summed E-state index contributed by atoms with van der Waals surface area (Å²) in [7, 11) is 1.35. The number of nitrogens with one attached hydrogen (secondary N) is 1. The minimum Gasteiger partial charge on any atom is -0.493 e.